The van der Waals surface area contributed by atoms with E-state index in [4.69, 9.17) is 4.42 Å². The highest BCUT2D eigenvalue weighted by molar-refractivity contribution is 7.98. The number of hydrogen-bond donors (Lipinski definition) is 0. The van der Waals surface area contributed by atoms with Gasteiger partial charge in [-0.05, 0) is 23.8 Å². The first kappa shape index (κ1) is 14.5. The van der Waals surface area contributed by atoms with Crippen molar-refractivity contribution < 1.29 is 9.34 Å². The molecule has 0 atom stereocenters. The van der Waals surface area contributed by atoms with Gasteiger partial charge in [0.05, 0.1) is 17.2 Å². The largest absolute Gasteiger partial charge is 0.433 e. The highest BCUT2D eigenvalue weighted by Gasteiger charge is 2.14. The molecule has 22 heavy (non-hydrogen) atoms. The summed E-state index contributed by atoms with van der Waals surface area (Å²) in [5, 5.41) is 25.6. The van der Waals surface area contributed by atoms with Crippen molar-refractivity contribution in [1.82, 2.24) is 14.9 Å². The van der Waals surface area contributed by atoms with Crippen LogP contribution >= 0.6 is 23.1 Å². The maximum atomic E-state index is 10.6. The first-order valence-corrected chi connectivity index (χ1v) is 8.11. The Balaban J connectivity index is 1.95. The molecule has 3 rings (SSSR count). The number of rotatable bonds is 5. The molecule has 0 radical (unpaired) electrons. The number of aromatic nitrogens is 3. The Bertz CT molecular complexity index is 822. The van der Waals surface area contributed by atoms with Crippen LogP contribution in [0.1, 0.15) is 5.76 Å². The number of thiophene rings is 1. The fourth-order valence-electron chi connectivity index (χ4n) is 1.68. The van der Waals surface area contributed by atoms with Crippen LogP contribution in [-0.2, 0) is 0 Å². The Kier molecular flexibility index (Phi) is 4.02. The first-order valence-electron chi connectivity index (χ1n) is 6.01. The van der Waals surface area contributed by atoms with Gasteiger partial charge in [0.2, 0.25) is 5.16 Å². The molecule has 0 aromatic carbocycles. The standard InChI is InChI=1S/C12H9N5O3S2/c1-21-12-15-14-11(9-3-2-6-22-9)16(12)13-7-8-4-5-10(20-8)17(18)19/h2-7H,1H3/b13-7-. The van der Waals surface area contributed by atoms with Crippen LogP contribution in [-0.4, -0.2) is 32.3 Å². The van der Waals surface area contributed by atoms with Gasteiger partial charge < -0.3 is 4.42 Å². The van der Waals surface area contributed by atoms with Gasteiger partial charge in [-0.1, -0.05) is 17.8 Å². The molecule has 3 aromatic rings. The van der Waals surface area contributed by atoms with E-state index < -0.39 is 4.92 Å². The topological polar surface area (TPSA) is 99.3 Å². The van der Waals surface area contributed by atoms with Crippen LogP contribution < -0.4 is 0 Å². The number of furan rings is 1. The van der Waals surface area contributed by atoms with E-state index in [9.17, 15) is 10.1 Å². The van der Waals surface area contributed by atoms with E-state index >= 15 is 0 Å². The molecule has 0 fully saturated rings. The van der Waals surface area contributed by atoms with Crippen LogP contribution in [0.15, 0.2) is 44.3 Å². The number of thioether (sulfide) groups is 1. The first-order chi connectivity index (χ1) is 10.7. The predicted molar refractivity (Wildman–Crippen MR) is 83.5 cm³/mol. The van der Waals surface area contributed by atoms with Crippen LogP contribution in [0.3, 0.4) is 0 Å². The molecule has 0 amide bonds. The molecular weight excluding hydrogens is 326 g/mol. The van der Waals surface area contributed by atoms with Gasteiger partial charge in [-0.25, -0.2) is 0 Å². The second kappa shape index (κ2) is 6.12. The molecule has 0 aliphatic heterocycles. The molecule has 0 N–H and O–H groups in total. The minimum absolute atomic E-state index is 0.282. The SMILES string of the molecule is CSc1nnc(-c2cccs2)n1/N=C\c1ccc([N+](=O)[O-])o1. The van der Waals surface area contributed by atoms with Crippen molar-refractivity contribution in [1.29, 1.82) is 0 Å². The summed E-state index contributed by atoms with van der Waals surface area (Å²) < 4.78 is 6.61. The van der Waals surface area contributed by atoms with E-state index in [1.165, 1.54) is 41.4 Å². The van der Waals surface area contributed by atoms with E-state index in [0.717, 1.165) is 4.88 Å². The van der Waals surface area contributed by atoms with Gasteiger partial charge in [0.15, 0.2) is 11.6 Å². The molecule has 112 valence electrons. The van der Waals surface area contributed by atoms with Gasteiger partial charge in [0.25, 0.3) is 0 Å². The average molecular weight is 335 g/mol. The van der Waals surface area contributed by atoms with Crippen molar-refractivity contribution in [2.45, 2.75) is 5.16 Å². The van der Waals surface area contributed by atoms with E-state index in [0.29, 0.717) is 11.0 Å². The second-order valence-corrected chi connectivity index (χ2v) is 5.70. The van der Waals surface area contributed by atoms with E-state index in [1.54, 1.807) is 4.68 Å². The van der Waals surface area contributed by atoms with Gasteiger partial charge in [0, 0.05) is 0 Å². The Morgan fingerprint density at radius 2 is 2.32 bits per heavy atom. The monoisotopic (exact) mass is 335 g/mol. The second-order valence-electron chi connectivity index (χ2n) is 3.98. The molecule has 0 saturated carbocycles. The van der Waals surface area contributed by atoms with Crippen molar-refractivity contribution in [3.05, 3.63) is 45.5 Å². The van der Waals surface area contributed by atoms with Crippen LogP contribution in [0.5, 0.6) is 0 Å². The van der Waals surface area contributed by atoms with Crippen molar-refractivity contribution in [3.63, 3.8) is 0 Å². The van der Waals surface area contributed by atoms with Gasteiger partial charge >= 0.3 is 5.88 Å². The Labute approximate surface area is 132 Å². The molecule has 0 aliphatic carbocycles. The third-order valence-corrected chi connectivity index (χ3v) is 4.11. The predicted octanol–water partition coefficient (Wildman–Crippen LogP) is 3.11. The molecule has 10 heteroatoms. The molecular formula is C12H9N5O3S2. The fraction of sp³-hybridized carbons (Fsp3) is 0.0833. The number of nitrogens with zero attached hydrogens (tertiary/aromatic N) is 5. The summed E-state index contributed by atoms with van der Waals surface area (Å²) in [4.78, 5) is 10.9. The van der Waals surface area contributed by atoms with Crippen molar-refractivity contribution in [2.24, 2.45) is 5.10 Å². The highest BCUT2D eigenvalue weighted by atomic mass is 32.2. The van der Waals surface area contributed by atoms with Gasteiger partial charge in [-0.3, -0.25) is 10.1 Å². The molecule has 0 bridgehead atoms. The molecule has 3 heterocycles. The van der Waals surface area contributed by atoms with Crippen LogP contribution in [0.4, 0.5) is 5.88 Å². The van der Waals surface area contributed by atoms with Crippen molar-refractivity contribution >= 4 is 35.2 Å². The average Bonchev–Trinajstić information content (AvgIpc) is 3.24. The Hall–Kier alpha value is -2.46. The lowest BCUT2D eigenvalue weighted by Crippen LogP contribution is -1.95. The van der Waals surface area contributed by atoms with Gasteiger partial charge in [-0.2, -0.15) is 9.78 Å². The summed E-state index contributed by atoms with van der Waals surface area (Å²) in [5.74, 6) is 0.565. The zero-order chi connectivity index (χ0) is 15.5. The zero-order valence-electron chi connectivity index (χ0n) is 11.2. The molecule has 0 aliphatic rings. The Morgan fingerprint density at radius 3 is 2.95 bits per heavy atom. The minimum Gasteiger partial charge on any atom is -0.400 e. The summed E-state index contributed by atoms with van der Waals surface area (Å²) in [6.07, 6.45) is 3.26. The third-order valence-electron chi connectivity index (χ3n) is 2.63. The summed E-state index contributed by atoms with van der Waals surface area (Å²) >= 11 is 2.92. The minimum atomic E-state index is -0.597. The lowest BCUT2D eigenvalue weighted by Gasteiger charge is -1.99. The maximum absolute atomic E-state index is 10.6. The zero-order valence-corrected chi connectivity index (χ0v) is 12.9. The van der Waals surface area contributed by atoms with E-state index in [1.807, 2.05) is 23.8 Å². The smallest absolute Gasteiger partial charge is 0.400 e. The number of hydrogen-bond acceptors (Lipinski definition) is 8. The van der Waals surface area contributed by atoms with E-state index in [2.05, 4.69) is 15.3 Å². The molecule has 0 spiro atoms. The van der Waals surface area contributed by atoms with Crippen molar-refractivity contribution in [2.75, 3.05) is 6.26 Å². The maximum Gasteiger partial charge on any atom is 0.433 e. The normalized spacial score (nSPS) is 11.3. The van der Waals surface area contributed by atoms with E-state index in [-0.39, 0.29) is 11.6 Å². The van der Waals surface area contributed by atoms with Crippen LogP contribution in [0.25, 0.3) is 10.7 Å². The van der Waals surface area contributed by atoms with Gasteiger partial charge in [0.1, 0.15) is 4.92 Å². The molecule has 3 aromatic heterocycles. The van der Waals surface area contributed by atoms with Crippen molar-refractivity contribution in [3.8, 4) is 10.7 Å². The van der Waals surface area contributed by atoms with Crippen LogP contribution in [0, 0.1) is 10.1 Å². The third kappa shape index (κ3) is 2.78. The lowest BCUT2D eigenvalue weighted by molar-refractivity contribution is -0.402. The summed E-state index contributed by atoms with van der Waals surface area (Å²) in [7, 11) is 0. The van der Waals surface area contributed by atoms with Gasteiger partial charge in [-0.15, -0.1) is 21.5 Å². The molecule has 0 unspecified atom stereocenters. The summed E-state index contributed by atoms with van der Waals surface area (Å²) in [6.45, 7) is 0. The highest BCUT2D eigenvalue weighted by Crippen LogP contribution is 2.26. The lowest BCUT2D eigenvalue weighted by atomic mass is 10.4. The quantitative estimate of drug-likeness (QED) is 0.307. The fourth-order valence-corrected chi connectivity index (χ4v) is 2.80. The summed E-state index contributed by atoms with van der Waals surface area (Å²) in [6, 6.07) is 6.60. The molecule has 8 nitrogen and oxygen atoms in total. The Morgan fingerprint density at radius 1 is 1.45 bits per heavy atom. The molecule has 0 saturated heterocycles. The summed E-state index contributed by atoms with van der Waals surface area (Å²) in [5.41, 5.74) is 0. The van der Waals surface area contributed by atoms with Crippen LogP contribution in [0.2, 0.25) is 0 Å². The number of nitro groups is 1.